The van der Waals surface area contributed by atoms with Crippen molar-refractivity contribution in [1.29, 1.82) is 0 Å². The van der Waals surface area contributed by atoms with Gasteiger partial charge in [-0.1, -0.05) is 19.3 Å². The SMILES string of the molecule is CC1(N=C(N)NO)CCCCC1. The summed E-state index contributed by atoms with van der Waals surface area (Å²) in [4.78, 5) is 4.22. The molecular weight excluding hydrogens is 154 g/mol. The van der Waals surface area contributed by atoms with Crippen molar-refractivity contribution in [2.45, 2.75) is 44.6 Å². The fraction of sp³-hybridized carbons (Fsp3) is 0.875. The van der Waals surface area contributed by atoms with Crippen LogP contribution in [-0.4, -0.2) is 16.7 Å². The predicted octanol–water partition coefficient (Wildman–Crippen LogP) is 1.00. The Kier molecular flexibility index (Phi) is 2.92. The average Bonchev–Trinajstić information content (AvgIpc) is 2.05. The van der Waals surface area contributed by atoms with Gasteiger partial charge in [-0.2, -0.15) is 0 Å². The van der Waals surface area contributed by atoms with Crippen LogP contribution in [0.25, 0.3) is 0 Å². The molecule has 1 aliphatic rings. The number of guanidine groups is 1. The Bertz CT molecular complexity index is 173. The van der Waals surface area contributed by atoms with Gasteiger partial charge in [-0.3, -0.25) is 5.21 Å². The minimum Gasteiger partial charge on any atom is -0.368 e. The van der Waals surface area contributed by atoms with Gasteiger partial charge in [0, 0.05) is 0 Å². The third-order valence-electron chi connectivity index (χ3n) is 2.44. The van der Waals surface area contributed by atoms with Gasteiger partial charge in [-0.15, -0.1) is 0 Å². The maximum atomic E-state index is 8.47. The zero-order valence-electron chi connectivity index (χ0n) is 7.51. The Morgan fingerprint density at radius 1 is 1.42 bits per heavy atom. The third-order valence-corrected chi connectivity index (χ3v) is 2.44. The van der Waals surface area contributed by atoms with Crippen LogP contribution in [-0.2, 0) is 0 Å². The zero-order valence-corrected chi connectivity index (χ0v) is 7.51. The highest BCUT2D eigenvalue weighted by atomic mass is 16.5. The minimum atomic E-state index is -0.0575. The van der Waals surface area contributed by atoms with Crippen LogP contribution in [0.3, 0.4) is 0 Å². The van der Waals surface area contributed by atoms with E-state index in [4.69, 9.17) is 10.9 Å². The van der Waals surface area contributed by atoms with Crippen LogP contribution >= 0.6 is 0 Å². The molecule has 4 N–H and O–H groups in total. The van der Waals surface area contributed by atoms with Crippen LogP contribution in [0.4, 0.5) is 0 Å². The van der Waals surface area contributed by atoms with Gasteiger partial charge in [0.1, 0.15) is 0 Å². The van der Waals surface area contributed by atoms with Gasteiger partial charge >= 0.3 is 0 Å². The molecule has 0 unspecified atom stereocenters. The van der Waals surface area contributed by atoms with Crippen LogP contribution in [0.5, 0.6) is 0 Å². The van der Waals surface area contributed by atoms with Gasteiger partial charge in [0.25, 0.3) is 0 Å². The molecule has 70 valence electrons. The van der Waals surface area contributed by atoms with E-state index in [0.29, 0.717) is 0 Å². The van der Waals surface area contributed by atoms with Gasteiger partial charge in [0.05, 0.1) is 5.54 Å². The summed E-state index contributed by atoms with van der Waals surface area (Å²) in [6, 6.07) is 0. The lowest BCUT2D eigenvalue weighted by Crippen LogP contribution is -2.35. The average molecular weight is 171 g/mol. The molecule has 4 nitrogen and oxygen atoms in total. The lowest BCUT2D eigenvalue weighted by atomic mass is 9.84. The second-order valence-corrected chi connectivity index (χ2v) is 3.67. The van der Waals surface area contributed by atoms with Crippen molar-refractivity contribution in [1.82, 2.24) is 5.48 Å². The number of rotatable bonds is 1. The number of nitrogens with one attached hydrogen (secondary N) is 1. The quantitative estimate of drug-likeness (QED) is 0.313. The number of hydrogen-bond acceptors (Lipinski definition) is 2. The number of hydrogen-bond donors (Lipinski definition) is 3. The van der Waals surface area contributed by atoms with Crippen LogP contribution < -0.4 is 11.2 Å². The first-order valence-electron chi connectivity index (χ1n) is 4.42. The molecule has 0 saturated heterocycles. The second kappa shape index (κ2) is 3.76. The molecule has 0 aromatic rings. The monoisotopic (exact) mass is 171 g/mol. The summed E-state index contributed by atoms with van der Waals surface area (Å²) in [5.74, 6) is 0.124. The highest BCUT2D eigenvalue weighted by Crippen LogP contribution is 2.30. The van der Waals surface area contributed by atoms with Gasteiger partial charge in [0.2, 0.25) is 5.96 Å². The topological polar surface area (TPSA) is 70.6 Å². The van der Waals surface area contributed by atoms with Gasteiger partial charge in [0.15, 0.2) is 0 Å². The summed E-state index contributed by atoms with van der Waals surface area (Å²) in [7, 11) is 0. The van der Waals surface area contributed by atoms with Crippen molar-refractivity contribution in [2.24, 2.45) is 10.7 Å². The largest absolute Gasteiger partial charge is 0.368 e. The fourth-order valence-electron chi connectivity index (χ4n) is 1.74. The highest BCUT2D eigenvalue weighted by molar-refractivity contribution is 5.76. The van der Waals surface area contributed by atoms with Crippen molar-refractivity contribution in [3.8, 4) is 0 Å². The standard InChI is InChI=1S/C8H17N3O/c1-8(10-7(9)11-12)5-3-2-4-6-8/h12H,2-6H2,1H3,(H3,9,10,11). The summed E-state index contributed by atoms with van der Waals surface area (Å²) >= 11 is 0. The molecule has 0 aromatic heterocycles. The second-order valence-electron chi connectivity index (χ2n) is 3.67. The molecule has 0 atom stereocenters. The van der Waals surface area contributed by atoms with E-state index in [1.54, 1.807) is 0 Å². The maximum Gasteiger partial charge on any atom is 0.213 e. The van der Waals surface area contributed by atoms with Crippen LogP contribution in [0.2, 0.25) is 0 Å². The van der Waals surface area contributed by atoms with Gasteiger partial charge < -0.3 is 5.73 Å². The van der Waals surface area contributed by atoms with E-state index in [-0.39, 0.29) is 11.5 Å². The van der Waals surface area contributed by atoms with Crippen molar-refractivity contribution < 1.29 is 5.21 Å². The molecule has 1 rings (SSSR count). The summed E-state index contributed by atoms with van der Waals surface area (Å²) in [6.07, 6.45) is 5.83. The number of aliphatic imine (C=N–C) groups is 1. The van der Waals surface area contributed by atoms with Gasteiger partial charge in [-0.05, 0) is 19.8 Å². The summed E-state index contributed by atoms with van der Waals surface area (Å²) in [6.45, 7) is 2.08. The normalized spacial score (nSPS) is 23.7. The van der Waals surface area contributed by atoms with Crippen molar-refractivity contribution in [2.75, 3.05) is 0 Å². The fourth-order valence-corrected chi connectivity index (χ4v) is 1.74. The van der Waals surface area contributed by atoms with Crippen molar-refractivity contribution >= 4 is 5.96 Å². The first kappa shape index (κ1) is 9.32. The molecule has 12 heavy (non-hydrogen) atoms. The van der Waals surface area contributed by atoms with E-state index in [9.17, 15) is 0 Å². The van der Waals surface area contributed by atoms with Crippen LogP contribution in [0.15, 0.2) is 4.99 Å². The van der Waals surface area contributed by atoms with Crippen LogP contribution in [0.1, 0.15) is 39.0 Å². The van der Waals surface area contributed by atoms with E-state index in [1.165, 1.54) is 19.3 Å². The molecule has 4 heteroatoms. The molecule has 0 aromatic carbocycles. The Morgan fingerprint density at radius 3 is 2.50 bits per heavy atom. The molecule has 1 aliphatic carbocycles. The third kappa shape index (κ3) is 2.37. The summed E-state index contributed by atoms with van der Waals surface area (Å²) in [5.41, 5.74) is 7.19. The number of nitrogens with zero attached hydrogens (tertiary/aromatic N) is 1. The van der Waals surface area contributed by atoms with Gasteiger partial charge in [-0.25, -0.2) is 10.5 Å². The predicted molar refractivity (Wildman–Crippen MR) is 48.0 cm³/mol. The summed E-state index contributed by atoms with van der Waals surface area (Å²) in [5, 5.41) is 8.47. The van der Waals surface area contributed by atoms with E-state index in [0.717, 1.165) is 12.8 Å². The van der Waals surface area contributed by atoms with Crippen molar-refractivity contribution in [3.63, 3.8) is 0 Å². The van der Waals surface area contributed by atoms with Crippen molar-refractivity contribution in [3.05, 3.63) is 0 Å². The minimum absolute atomic E-state index is 0.0575. The Hall–Kier alpha value is -0.770. The lowest BCUT2D eigenvalue weighted by molar-refractivity contribution is 0.228. The smallest absolute Gasteiger partial charge is 0.213 e. The Balaban J connectivity index is 2.57. The molecule has 0 radical (unpaired) electrons. The van der Waals surface area contributed by atoms with Crippen LogP contribution in [0, 0.1) is 0 Å². The Labute approximate surface area is 72.8 Å². The highest BCUT2D eigenvalue weighted by Gasteiger charge is 2.25. The van der Waals surface area contributed by atoms with E-state index in [2.05, 4.69) is 11.9 Å². The molecule has 0 heterocycles. The Morgan fingerprint density at radius 2 is 2.00 bits per heavy atom. The zero-order chi connectivity index (χ0) is 9.03. The molecule has 0 spiro atoms. The first-order chi connectivity index (χ1) is 5.66. The molecule has 0 aliphatic heterocycles. The summed E-state index contributed by atoms with van der Waals surface area (Å²) < 4.78 is 0. The molecule has 0 bridgehead atoms. The molecule has 1 saturated carbocycles. The first-order valence-corrected chi connectivity index (χ1v) is 4.42. The van der Waals surface area contributed by atoms with E-state index < -0.39 is 0 Å². The molecule has 0 amide bonds. The molecule has 1 fully saturated rings. The maximum absolute atomic E-state index is 8.47. The number of nitrogens with two attached hydrogens (primary N) is 1. The number of hydroxylamine groups is 1. The lowest BCUT2D eigenvalue weighted by Gasteiger charge is -2.29. The van der Waals surface area contributed by atoms with E-state index in [1.807, 2.05) is 5.48 Å². The molecular formula is C8H17N3O. The van der Waals surface area contributed by atoms with E-state index >= 15 is 0 Å².